The summed E-state index contributed by atoms with van der Waals surface area (Å²) in [5.74, 6) is 0. The SMILES string of the molecule is CCCCCCCCCCCCCCCCCCC(CCCCCCCCCCCCCCCCCC)[N+](C)(C)CCCCCCCCCCCCCCCCCC. The largest absolute Gasteiger partial charge is 0.326 e. The third kappa shape index (κ3) is 45.5. The van der Waals surface area contributed by atoms with Gasteiger partial charge in [-0.1, -0.05) is 303 Å². The third-order valence-corrected chi connectivity index (χ3v) is 14.4. The first-order valence-corrected chi connectivity index (χ1v) is 28.4. The monoisotopic (exact) mass is 817 g/mol. The van der Waals surface area contributed by atoms with E-state index in [-0.39, 0.29) is 0 Å². The molecule has 0 aliphatic carbocycles. The molecule has 0 bridgehead atoms. The molecule has 350 valence electrons. The average molecular weight is 818 g/mol. The van der Waals surface area contributed by atoms with Crippen molar-refractivity contribution in [3.8, 4) is 0 Å². The molecular formula is C57H118N+. The van der Waals surface area contributed by atoms with Gasteiger partial charge in [0, 0.05) is 0 Å². The topological polar surface area (TPSA) is 0 Å². The zero-order valence-electron chi connectivity index (χ0n) is 42.1. The number of hydrogen-bond acceptors (Lipinski definition) is 0. The van der Waals surface area contributed by atoms with Crippen LogP contribution in [0.25, 0.3) is 0 Å². The van der Waals surface area contributed by atoms with E-state index < -0.39 is 0 Å². The number of quaternary nitrogens is 1. The highest BCUT2D eigenvalue weighted by Crippen LogP contribution is 2.24. The molecule has 0 heterocycles. The highest BCUT2D eigenvalue weighted by Gasteiger charge is 2.26. The van der Waals surface area contributed by atoms with Gasteiger partial charge in [0.2, 0.25) is 0 Å². The molecule has 0 fully saturated rings. The zero-order chi connectivity index (χ0) is 42.1. The molecule has 0 aliphatic heterocycles. The lowest BCUT2D eigenvalue weighted by Gasteiger charge is -2.39. The van der Waals surface area contributed by atoms with Gasteiger partial charge in [-0.15, -0.1) is 0 Å². The molecule has 1 heteroatoms. The zero-order valence-corrected chi connectivity index (χ0v) is 42.1. The Labute approximate surface area is 371 Å². The first-order chi connectivity index (χ1) is 28.6. The summed E-state index contributed by atoms with van der Waals surface area (Å²) in [4.78, 5) is 0. The Morgan fingerprint density at radius 1 is 0.207 bits per heavy atom. The van der Waals surface area contributed by atoms with E-state index in [2.05, 4.69) is 34.9 Å². The molecule has 0 atom stereocenters. The Morgan fingerprint density at radius 2 is 0.362 bits per heavy atom. The van der Waals surface area contributed by atoms with E-state index in [1.165, 1.54) is 332 Å². The predicted octanol–water partition coefficient (Wildman–Crippen LogP) is 21.0. The lowest BCUT2D eigenvalue weighted by Crippen LogP contribution is -2.49. The predicted molar refractivity (Wildman–Crippen MR) is 269 cm³/mol. The summed E-state index contributed by atoms with van der Waals surface area (Å²) < 4.78 is 1.29. The van der Waals surface area contributed by atoms with Crippen LogP contribution in [0.5, 0.6) is 0 Å². The van der Waals surface area contributed by atoms with Crippen molar-refractivity contribution in [2.24, 2.45) is 0 Å². The fraction of sp³-hybridized carbons (Fsp3) is 1.00. The number of rotatable bonds is 52. The second kappa shape index (κ2) is 49.6. The fourth-order valence-corrected chi connectivity index (χ4v) is 9.95. The van der Waals surface area contributed by atoms with Crippen molar-refractivity contribution in [2.75, 3.05) is 20.6 Å². The highest BCUT2D eigenvalue weighted by atomic mass is 15.3. The molecule has 0 saturated carbocycles. The fourth-order valence-electron chi connectivity index (χ4n) is 9.95. The molecule has 0 spiro atoms. The lowest BCUT2D eigenvalue weighted by molar-refractivity contribution is -0.916. The molecule has 0 saturated heterocycles. The van der Waals surface area contributed by atoms with Crippen LogP contribution in [0.3, 0.4) is 0 Å². The van der Waals surface area contributed by atoms with Crippen molar-refractivity contribution in [3.05, 3.63) is 0 Å². The Balaban J connectivity index is 4.20. The van der Waals surface area contributed by atoms with Gasteiger partial charge in [0.25, 0.3) is 0 Å². The van der Waals surface area contributed by atoms with Crippen LogP contribution in [-0.4, -0.2) is 31.2 Å². The van der Waals surface area contributed by atoms with Crippen LogP contribution in [-0.2, 0) is 0 Å². The molecule has 0 aromatic carbocycles. The first-order valence-electron chi connectivity index (χ1n) is 28.4. The Morgan fingerprint density at radius 3 is 0.552 bits per heavy atom. The van der Waals surface area contributed by atoms with Crippen molar-refractivity contribution in [1.29, 1.82) is 0 Å². The minimum Gasteiger partial charge on any atom is -0.326 e. The normalized spacial score (nSPS) is 12.1. The van der Waals surface area contributed by atoms with Crippen LogP contribution in [0, 0.1) is 0 Å². The summed E-state index contributed by atoms with van der Waals surface area (Å²) in [6.45, 7) is 8.37. The molecule has 0 aromatic heterocycles. The molecule has 0 aromatic rings. The van der Waals surface area contributed by atoms with E-state index in [1.807, 2.05) is 0 Å². The maximum absolute atomic E-state index is 2.61. The Kier molecular flexibility index (Phi) is 49.6. The van der Waals surface area contributed by atoms with Gasteiger partial charge in [-0.3, -0.25) is 0 Å². The summed E-state index contributed by atoms with van der Waals surface area (Å²) in [6.07, 6.45) is 73.6. The number of nitrogens with zero attached hydrogens (tertiary/aromatic N) is 1. The van der Waals surface area contributed by atoms with Crippen LogP contribution >= 0.6 is 0 Å². The first kappa shape index (κ1) is 58.0. The Hall–Kier alpha value is -0.0400. The van der Waals surface area contributed by atoms with E-state index in [1.54, 1.807) is 0 Å². The molecular weight excluding hydrogens is 699 g/mol. The van der Waals surface area contributed by atoms with Crippen LogP contribution in [0.1, 0.15) is 342 Å². The van der Waals surface area contributed by atoms with Crippen molar-refractivity contribution < 1.29 is 4.48 Å². The molecule has 58 heavy (non-hydrogen) atoms. The van der Waals surface area contributed by atoms with Gasteiger partial charge in [0.05, 0.1) is 26.7 Å². The van der Waals surface area contributed by atoms with Crippen molar-refractivity contribution in [2.45, 2.75) is 348 Å². The summed E-state index contributed by atoms with van der Waals surface area (Å²) in [6, 6.07) is 0.884. The van der Waals surface area contributed by atoms with Crippen molar-refractivity contribution in [3.63, 3.8) is 0 Å². The Bertz CT molecular complexity index is 676. The van der Waals surface area contributed by atoms with Crippen molar-refractivity contribution >= 4 is 0 Å². The summed E-state index contributed by atoms with van der Waals surface area (Å²) in [7, 11) is 5.21. The number of unbranched alkanes of at least 4 members (excludes halogenated alkanes) is 45. The van der Waals surface area contributed by atoms with E-state index in [4.69, 9.17) is 0 Å². The molecule has 0 unspecified atom stereocenters. The van der Waals surface area contributed by atoms with Gasteiger partial charge in [-0.2, -0.15) is 0 Å². The average Bonchev–Trinajstić information content (AvgIpc) is 3.22. The van der Waals surface area contributed by atoms with Gasteiger partial charge in [0.1, 0.15) is 0 Å². The van der Waals surface area contributed by atoms with E-state index in [0.29, 0.717) is 0 Å². The van der Waals surface area contributed by atoms with Crippen LogP contribution in [0.4, 0.5) is 0 Å². The second-order valence-electron chi connectivity index (χ2n) is 20.6. The smallest absolute Gasteiger partial charge is 0.0886 e. The molecule has 0 N–H and O–H groups in total. The standard InChI is InChI=1S/C57H118N/c1-6-9-12-15-18-21-24-27-30-33-36-39-42-45-48-51-54-57(55-52-49-46-43-40-37-34-31-28-25-22-19-16-13-10-7-2)58(4,5)56-53-50-47-44-41-38-35-32-29-26-23-20-17-14-11-8-3/h57H,6-56H2,1-5H3/q+1. The highest BCUT2D eigenvalue weighted by molar-refractivity contribution is 4.63. The van der Waals surface area contributed by atoms with Crippen LogP contribution in [0.15, 0.2) is 0 Å². The molecule has 1 nitrogen and oxygen atoms in total. The molecule has 0 aliphatic rings. The lowest BCUT2D eigenvalue weighted by atomic mass is 9.96. The van der Waals surface area contributed by atoms with Crippen molar-refractivity contribution in [1.82, 2.24) is 0 Å². The van der Waals surface area contributed by atoms with Crippen LogP contribution in [0.2, 0.25) is 0 Å². The van der Waals surface area contributed by atoms with Gasteiger partial charge in [-0.05, 0) is 38.5 Å². The number of hydrogen-bond donors (Lipinski definition) is 0. The molecule has 0 rings (SSSR count). The summed E-state index contributed by atoms with van der Waals surface area (Å²) in [5, 5.41) is 0. The van der Waals surface area contributed by atoms with Gasteiger partial charge < -0.3 is 4.48 Å². The maximum atomic E-state index is 2.61. The quantitative estimate of drug-likeness (QED) is 0.0424. The molecule has 0 radical (unpaired) electrons. The van der Waals surface area contributed by atoms with E-state index in [0.717, 1.165) is 6.04 Å². The van der Waals surface area contributed by atoms with E-state index in [9.17, 15) is 0 Å². The minimum atomic E-state index is 0.884. The third-order valence-electron chi connectivity index (χ3n) is 14.4. The van der Waals surface area contributed by atoms with Gasteiger partial charge >= 0.3 is 0 Å². The van der Waals surface area contributed by atoms with E-state index >= 15 is 0 Å². The summed E-state index contributed by atoms with van der Waals surface area (Å²) in [5.41, 5.74) is 0. The second-order valence-corrected chi connectivity index (χ2v) is 20.6. The summed E-state index contributed by atoms with van der Waals surface area (Å²) >= 11 is 0. The maximum Gasteiger partial charge on any atom is 0.0886 e. The van der Waals surface area contributed by atoms with Gasteiger partial charge in [-0.25, -0.2) is 0 Å². The minimum absolute atomic E-state index is 0.884. The molecule has 0 amide bonds. The van der Waals surface area contributed by atoms with Crippen LogP contribution < -0.4 is 0 Å². The van der Waals surface area contributed by atoms with Gasteiger partial charge in [0.15, 0.2) is 0 Å².